The summed E-state index contributed by atoms with van der Waals surface area (Å²) in [6, 6.07) is 20.0. The van der Waals surface area contributed by atoms with Gasteiger partial charge >= 0.3 is 0 Å². The van der Waals surface area contributed by atoms with Crippen molar-refractivity contribution in [2.75, 3.05) is 6.54 Å². The van der Waals surface area contributed by atoms with Gasteiger partial charge in [0.05, 0.1) is 11.0 Å². The first-order valence-corrected chi connectivity index (χ1v) is 9.81. The Labute approximate surface area is 170 Å². The lowest BCUT2D eigenvalue weighted by Crippen LogP contribution is -2.27. The van der Waals surface area contributed by atoms with Crippen LogP contribution in [0, 0.1) is 13.8 Å². The van der Waals surface area contributed by atoms with Gasteiger partial charge in [0.2, 0.25) is 0 Å². The molecule has 0 spiro atoms. The van der Waals surface area contributed by atoms with Gasteiger partial charge in [-0.15, -0.1) is 0 Å². The number of hydrogen-bond acceptors (Lipinski definition) is 3. The maximum absolute atomic E-state index is 12.3. The van der Waals surface area contributed by atoms with Gasteiger partial charge < -0.3 is 9.88 Å². The zero-order chi connectivity index (χ0) is 20.2. The molecule has 0 unspecified atom stereocenters. The first-order valence-electron chi connectivity index (χ1n) is 9.81. The first kappa shape index (κ1) is 18.9. The van der Waals surface area contributed by atoms with Gasteiger partial charge in [0.25, 0.3) is 5.91 Å². The number of nitrogens with zero attached hydrogens (tertiary/aromatic N) is 3. The number of hydrogen-bond donors (Lipinski definition) is 1. The monoisotopic (exact) mass is 384 g/mol. The summed E-state index contributed by atoms with van der Waals surface area (Å²) in [6.45, 7) is 5.52. The summed E-state index contributed by atoms with van der Waals surface area (Å²) in [4.78, 5) is 21.2. The largest absolute Gasteiger partial charge is 0.350 e. The normalized spacial score (nSPS) is 11.0. The molecule has 0 saturated heterocycles. The number of rotatable bonds is 6. The first-order chi connectivity index (χ1) is 14.1. The van der Waals surface area contributed by atoms with Crippen LogP contribution in [0.25, 0.3) is 11.0 Å². The second kappa shape index (κ2) is 8.27. The van der Waals surface area contributed by atoms with Crippen LogP contribution in [0.1, 0.15) is 33.0 Å². The maximum Gasteiger partial charge on any atom is 0.269 e. The number of imidazole rings is 1. The fourth-order valence-electron chi connectivity index (χ4n) is 3.51. The minimum atomic E-state index is -0.164. The van der Waals surface area contributed by atoms with Crippen molar-refractivity contribution in [3.8, 4) is 0 Å². The Morgan fingerprint density at radius 3 is 2.69 bits per heavy atom. The van der Waals surface area contributed by atoms with Crippen molar-refractivity contribution in [1.29, 1.82) is 0 Å². The standard InChI is InChI=1S/C24H24N4O/c1-17-10-11-18(2)19(15-17)16-28-22-9-4-3-7-20(22)27-23(28)12-14-26-24(29)21-8-5-6-13-25-21/h3-11,13,15H,12,14,16H2,1-2H3,(H,26,29). The van der Waals surface area contributed by atoms with E-state index in [0.29, 0.717) is 18.7 Å². The minimum absolute atomic E-state index is 0.164. The Morgan fingerprint density at radius 1 is 1.03 bits per heavy atom. The summed E-state index contributed by atoms with van der Waals surface area (Å²) >= 11 is 0. The van der Waals surface area contributed by atoms with Gasteiger partial charge in [-0.1, -0.05) is 42.0 Å². The summed E-state index contributed by atoms with van der Waals surface area (Å²) < 4.78 is 2.25. The van der Waals surface area contributed by atoms with Crippen LogP contribution in [-0.2, 0) is 13.0 Å². The van der Waals surface area contributed by atoms with Crippen molar-refractivity contribution < 1.29 is 4.79 Å². The smallest absolute Gasteiger partial charge is 0.269 e. The molecule has 4 aromatic rings. The van der Waals surface area contributed by atoms with Crippen LogP contribution in [0.5, 0.6) is 0 Å². The van der Waals surface area contributed by atoms with Crippen LogP contribution < -0.4 is 5.32 Å². The zero-order valence-electron chi connectivity index (χ0n) is 16.7. The van der Waals surface area contributed by atoms with Crippen LogP contribution in [0.4, 0.5) is 0 Å². The van der Waals surface area contributed by atoms with Crippen LogP contribution in [0.3, 0.4) is 0 Å². The Bertz CT molecular complexity index is 1150. The maximum atomic E-state index is 12.3. The van der Waals surface area contributed by atoms with E-state index >= 15 is 0 Å². The molecule has 0 radical (unpaired) electrons. The predicted octanol–water partition coefficient (Wildman–Crippen LogP) is 4.07. The van der Waals surface area contributed by atoms with E-state index in [1.807, 2.05) is 24.3 Å². The van der Waals surface area contributed by atoms with Crippen LogP contribution in [0.2, 0.25) is 0 Å². The van der Waals surface area contributed by atoms with Crippen LogP contribution >= 0.6 is 0 Å². The topological polar surface area (TPSA) is 59.8 Å². The molecule has 1 amide bonds. The number of fused-ring (bicyclic) bond motifs is 1. The highest BCUT2D eigenvalue weighted by Crippen LogP contribution is 2.20. The van der Waals surface area contributed by atoms with Crippen LogP contribution in [0.15, 0.2) is 66.9 Å². The molecule has 0 aliphatic rings. The number of benzene rings is 2. The van der Waals surface area contributed by atoms with E-state index in [-0.39, 0.29) is 5.91 Å². The number of amides is 1. The quantitative estimate of drug-likeness (QED) is 0.545. The van der Waals surface area contributed by atoms with Crippen molar-refractivity contribution in [2.45, 2.75) is 26.8 Å². The Morgan fingerprint density at radius 2 is 1.86 bits per heavy atom. The predicted molar refractivity (Wildman–Crippen MR) is 115 cm³/mol. The van der Waals surface area contributed by atoms with Gasteiger partial charge in [0.15, 0.2) is 0 Å². The van der Waals surface area contributed by atoms with E-state index in [0.717, 1.165) is 23.4 Å². The highest BCUT2D eigenvalue weighted by Gasteiger charge is 2.13. The lowest BCUT2D eigenvalue weighted by atomic mass is 10.1. The molecule has 0 aliphatic carbocycles. The van der Waals surface area contributed by atoms with E-state index in [2.05, 4.69) is 53.0 Å². The third-order valence-corrected chi connectivity index (χ3v) is 5.10. The number of nitrogens with one attached hydrogen (secondary N) is 1. The molecule has 146 valence electrons. The van der Waals surface area contributed by atoms with Crippen molar-refractivity contribution in [3.63, 3.8) is 0 Å². The summed E-state index contributed by atoms with van der Waals surface area (Å²) in [5, 5.41) is 2.95. The van der Waals surface area contributed by atoms with Crippen molar-refractivity contribution in [2.24, 2.45) is 0 Å². The average Bonchev–Trinajstić information content (AvgIpc) is 3.08. The molecular weight excluding hydrogens is 360 g/mol. The molecule has 29 heavy (non-hydrogen) atoms. The molecule has 0 saturated carbocycles. The number of carbonyl (C=O) groups excluding carboxylic acids is 1. The molecular formula is C24H24N4O. The fraction of sp³-hybridized carbons (Fsp3) is 0.208. The van der Waals surface area contributed by atoms with Crippen molar-refractivity contribution in [3.05, 3.63) is 95.1 Å². The number of carbonyl (C=O) groups is 1. The molecule has 5 nitrogen and oxygen atoms in total. The lowest BCUT2D eigenvalue weighted by Gasteiger charge is -2.13. The Kier molecular flexibility index (Phi) is 5.38. The number of aromatic nitrogens is 3. The van der Waals surface area contributed by atoms with E-state index in [4.69, 9.17) is 4.98 Å². The van der Waals surface area contributed by atoms with Gasteiger partial charge in [-0.05, 0) is 49.2 Å². The van der Waals surface area contributed by atoms with Crippen molar-refractivity contribution in [1.82, 2.24) is 19.9 Å². The fourth-order valence-corrected chi connectivity index (χ4v) is 3.51. The molecule has 2 aromatic heterocycles. The van der Waals surface area contributed by atoms with Crippen molar-refractivity contribution >= 4 is 16.9 Å². The SMILES string of the molecule is Cc1ccc(C)c(Cn2c(CCNC(=O)c3ccccn3)nc3ccccc32)c1. The van der Waals surface area contributed by atoms with Gasteiger partial charge in [0, 0.05) is 25.7 Å². The summed E-state index contributed by atoms with van der Waals surface area (Å²) in [7, 11) is 0. The molecule has 2 aromatic carbocycles. The molecule has 0 atom stereocenters. The van der Waals surface area contributed by atoms with Gasteiger partial charge in [-0.3, -0.25) is 9.78 Å². The second-order valence-electron chi connectivity index (χ2n) is 7.25. The molecule has 0 aliphatic heterocycles. The van der Waals surface area contributed by atoms with E-state index in [1.165, 1.54) is 16.7 Å². The minimum Gasteiger partial charge on any atom is -0.350 e. The second-order valence-corrected chi connectivity index (χ2v) is 7.25. The highest BCUT2D eigenvalue weighted by atomic mass is 16.1. The summed E-state index contributed by atoms with van der Waals surface area (Å²) in [5.74, 6) is 0.802. The lowest BCUT2D eigenvalue weighted by molar-refractivity contribution is 0.0949. The number of pyridine rings is 1. The molecule has 0 bridgehead atoms. The zero-order valence-corrected chi connectivity index (χ0v) is 16.7. The third-order valence-electron chi connectivity index (χ3n) is 5.10. The van der Waals surface area contributed by atoms with Gasteiger partial charge in [0.1, 0.15) is 11.5 Å². The molecule has 4 rings (SSSR count). The number of para-hydroxylation sites is 2. The van der Waals surface area contributed by atoms with Crippen LogP contribution in [-0.4, -0.2) is 27.0 Å². The summed E-state index contributed by atoms with van der Waals surface area (Å²) in [6.07, 6.45) is 2.27. The molecule has 0 fully saturated rings. The number of aryl methyl sites for hydroxylation is 2. The van der Waals surface area contributed by atoms with E-state index in [9.17, 15) is 4.79 Å². The highest BCUT2D eigenvalue weighted by molar-refractivity contribution is 5.92. The molecule has 1 N–H and O–H groups in total. The van der Waals surface area contributed by atoms with E-state index in [1.54, 1.807) is 18.3 Å². The van der Waals surface area contributed by atoms with Gasteiger partial charge in [-0.25, -0.2) is 4.98 Å². The molecule has 2 heterocycles. The Balaban J connectivity index is 1.56. The Hall–Kier alpha value is -3.47. The van der Waals surface area contributed by atoms with E-state index < -0.39 is 0 Å². The third kappa shape index (κ3) is 4.19. The molecule has 5 heteroatoms. The summed E-state index contributed by atoms with van der Waals surface area (Å²) in [5.41, 5.74) is 6.31. The average molecular weight is 384 g/mol. The van der Waals surface area contributed by atoms with Gasteiger partial charge in [-0.2, -0.15) is 0 Å².